The first kappa shape index (κ1) is 18.3. The first-order chi connectivity index (χ1) is 12.0. The lowest BCUT2D eigenvalue weighted by molar-refractivity contribution is -0.139. The van der Waals surface area contributed by atoms with Gasteiger partial charge >= 0.3 is 5.97 Å². The molecular weight excluding hydrogens is 322 g/mol. The van der Waals surface area contributed by atoms with Gasteiger partial charge in [-0.05, 0) is 42.3 Å². The lowest BCUT2D eigenvalue weighted by Crippen LogP contribution is -2.28. The predicted molar refractivity (Wildman–Crippen MR) is 92.8 cm³/mol. The molecule has 2 rings (SSSR count). The Hall–Kier alpha value is -3.02. The highest BCUT2D eigenvalue weighted by atomic mass is 16.5. The summed E-state index contributed by atoms with van der Waals surface area (Å²) < 4.78 is 10.2. The Morgan fingerprint density at radius 3 is 2.48 bits per heavy atom. The van der Waals surface area contributed by atoms with E-state index >= 15 is 0 Å². The van der Waals surface area contributed by atoms with Crippen molar-refractivity contribution >= 4 is 11.9 Å². The van der Waals surface area contributed by atoms with Gasteiger partial charge in [-0.1, -0.05) is 24.3 Å². The molecule has 25 heavy (non-hydrogen) atoms. The highest BCUT2D eigenvalue weighted by molar-refractivity contribution is 5.79. The normalized spacial score (nSPS) is 11.4. The van der Waals surface area contributed by atoms with E-state index in [-0.39, 0.29) is 25.0 Å². The van der Waals surface area contributed by atoms with Gasteiger partial charge in [0.1, 0.15) is 11.5 Å². The molecule has 0 radical (unpaired) electrons. The van der Waals surface area contributed by atoms with Crippen molar-refractivity contribution in [1.29, 1.82) is 0 Å². The predicted octanol–water partition coefficient (Wildman–Crippen LogP) is 2.58. The SMILES string of the molecule is COc1cccc(CC(=O)NC(C)c2ccc(OCC(=O)O)cc2)c1. The Morgan fingerprint density at radius 2 is 1.84 bits per heavy atom. The fourth-order valence-corrected chi connectivity index (χ4v) is 2.34. The number of carbonyl (C=O) groups is 2. The number of rotatable bonds is 8. The molecule has 0 fully saturated rings. The minimum absolute atomic E-state index is 0.0908. The number of aliphatic carboxylic acids is 1. The Labute approximate surface area is 146 Å². The number of carboxylic acids is 1. The van der Waals surface area contributed by atoms with Gasteiger partial charge in [-0.25, -0.2) is 4.79 Å². The van der Waals surface area contributed by atoms with Gasteiger partial charge in [-0.15, -0.1) is 0 Å². The van der Waals surface area contributed by atoms with E-state index in [9.17, 15) is 9.59 Å². The molecule has 6 nitrogen and oxygen atoms in total. The average molecular weight is 343 g/mol. The second-order valence-electron chi connectivity index (χ2n) is 5.57. The van der Waals surface area contributed by atoms with Crippen LogP contribution in [0.1, 0.15) is 24.1 Å². The molecule has 0 bridgehead atoms. The third-order valence-corrected chi connectivity index (χ3v) is 3.62. The van der Waals surface area contributed by atoms with Gasteiger partial charge in [0.15, 0.2) is 6.61 Å². The maximum atomic E-state index is 12.2. The van der Waals surface area contributed by atoms with Crippen molar-refractivity contribution in [2.75, 3.05) is 13.7 Å². The van der Waals surface area contributed by atoms with Crippen LogP contribution in [0.5, 0.6) is 11.5 Å². The second kappa shape index (κ2) is 8.73. The highest BCUT2D eigenvalue weighted by Gasteiger charge is 2.11. The van der Waals surface area contributed by atoms with Crippen LogP contribution < -0.4 is 14.8 Å². The number of carbonyl (C=O) groups excluding carboxylic acids is 1. The standard InChI is InChI=1S/C19H21NO5/c1-13(15-6-8-16(9-7-15)25-12-19(22)23)20-18(21)11-14-4-3-5-17(10-14)24-2/h3-10,13H,11-12H2,1-2H3,(H,20,21)(H,22,23). The van der Waals surface area contributed by atoms with Crippen molar-refractivity contribution in [3.63, 3.8) is 0 Å². The van der Waals surface area contributed by atoms with Gasteiger partial charge in [0, 0.05) is 0 Å². The van der Waals surface area contributed by atoms with Crippen molar-refractivity contribution in [1.82, 2.24) is 5.32 Å². The van der Waals surface area contributed by atoms with E-state index in [1.54, 1.807) is 31.4 Å². The molecule has 1 atom stereocenters. The van der Waals surface area contributed by atoms with Crippen molar-refractivity contribution in [3.05, 3.63) is 59.7 Å². The molecule has 6 heteroatoms. The number of amides is 1. The maximum absolute atomic E-state index is 12.2. The molecule has 1 unspecified atom stereocenters. The summed E-state index contributed by atoms with van der Waals surface area (Å²) in [6.45, 7) is 1.50. The van der Waals surface area contributed by atoms with Gasteiger partial charge in [-0.2, -0.15) is 0 Å². The molecule has 0 aliphatic rings. The van der Waals surface area contributed by atoms with E-state index in [1.165, 1.54) is 0 Å². The van der Waals surface area contributed by atoms with Crippen LogP contribution >= 0.6 is 0 Å². The summed E-state index contributed by atoms with van der Waals surface area (Å²) in [4.78, 5) is 22.7. The summed E-state index contributed by atoms with van der Waals surface area (Å²) in [7, 11) is 1.59. The van der Waals surface area contributed by atoms with Crippen LogP contribution in [0, 0.1) is 0 Å². The van der Waals surface area contributed by atoms with Crippen LogP contribution in [0.15, 0.2) is 48.5 Å². The Balaban J connectivity index is 1.90. The Bertz CT molecular complexity index is 727. The molecule has 0 spiro atoms. The minimum Gasteiger partial charge on any atom is -0.497 e. The summed E-state index contributed by atoms with van der Waals surface area (Å²) in [6.07, 6.45) is 0.265. The monoisotopic (exact) mass is 343 g/mol. The van der Waals surface area contributed by atoms with Gasteiger partial charge < -0.3 is 19.9 Å². The summed E-state index contributed by atoms with van der Waals surface area (Å²) in [5.41, 5.74) is 1.78. The van der Waals surface area contributed by atoms with E-state index in [0.717, 1.165) is 16.9 Å². The lowest BCUT2D eigenvalue weighted by Gasteiger charge is -2.15. The number of methoxy groups -OCH3 is 1. The van der Waals surface area contributed by atoms with E-state index in [2.05, 4.69) is 5.32 Å². The van der Waals surface area contributed by atoms with Crippen molar-refractivity contribution < 1.29 is 24.2 Å². The molecular formula is C19H21NO5. The zero-order valence-electron chi connectivity index (χ0n) is 14.2. The van der Waals surface area contributed by atoms with E-state index in [0.29, 0.717) is 5.75 Å². The third kappa shape index (κ3) is 5.84. The average Bonchev–Trinajstić information content (AvgIpc) is 2.60. The summed E-state index contributed by atoms with van der Waals surface area (Å²) in [5.74, 6) is 0.0746. The molecule has 0 saturated heterocycles. The summed E-state index contributed by atoms with van der Waals surface area (Å²) in [6, 6.07) is 14.2. The van der Waals surface area contributed by atoms with Gasteiger partial charge in [0.2, 0.25) is 5.91 Å². The maximum Gasteiger partial charge on any atom is 0.341 e. The minimum atomic E-state index is -1.03. The third-order valence-electron chi connectivity index (χ3n) is 3.62. The number of hydrogen-bond donors (Lipinski definition) is 2. The number of benzene rings is 2. The fraction of sp³-hybridized carbons (Fsp3) is 0.263. The Kier molecular flexibility index (Phi) is 6.39. The largest absolute Gasteiger partial charge is 0.497 e. The lowest BCUT2D eigenvalue weighted by atomic mass is 10.1. The van der Waals surface area contributed by atoms with Crippen LogP contribution in [-0.2, 0) is 16.0 Å². The van der Waals surface area contributed by atoms with Crippen molar-refractivity contribution in [3.8, 4) is 11.5 Å². The highest BCUT2D eigenvalue weighted by Crippen LogP contribution is 2.18. The van der Waals surface area contributed by atoms with Gasteiger partial charge in [-0.3, -0.25) is 4.79 Å². The van der Waals surface area contributed by atoms with Gasteiger partial charge in [0.25, 0.3) is 0 Å². The first-order valence-corrected chi connectivity index (χ1v) is 7.85. The topological polar surface area (TPSA) is 84.9 Å². The zero-order valence-corrected chi connectivity index (χ0v) is 14.2. The van der Waals surface area contributed by atoms with Crippen LogP contribution in [0.3, 0.4) is 0 Å². The van der Waals surface area contributed by atoms with E-state index in [4.69, 9.17) is 14.6 Å². The summed E-state index contributed by atoms with van der Waals surface area (Å²) in [5, 5.41) is 11.5. The summed E-state index contributed by atoms with van der Waals surface area (Å²) >= 11 is 0. The smallest absolute Gasteiger partial charge is 0.341 e. The zero-order chi connectivity index (χ0) is 18.2. The fourth-order valence-electron chi connectivity index (χ4n) is 2.34. The second-order valence-corrected chi connectivity index (χ2v) is 5.57. The van der Waals surface area contributed by atoms with E-state index in [1.807, 2.05) is 31.2 Å². The van der Waals surface area contributed by atoms with E-state index < -0.39 is 5.97 Å². The van der Waals surface area contributed by atoms with Crippen LogP contribution in [0.2, 0.25) is 0 Å². The Morgan fingerprint density at radius 1 is 1.12 bits per heavy atom. The van der Waals surface area contributed by atoms with Gasteiger partial charge in [0.05, 0.1) is 19.6 Å². The quantitative estimate of drug-likeness (QED) is 0.769. The molecule has 2 aromatic carbocycles. The molecule has 0 aliphatic carbocycles. The number of nitrogens with one attached hydrogen (secondary N) is 1. The molecule has 0 aromatic heterocycles. The van der Waals surface area contributed by atoms with Crippen molar-refractivity contribution in [2.24, 2.45) is 0 Å². The molecule has 0 aliphatic heterocycles. The molecule has 2 aromatic rings. The van der Waals surface area contributed by atoms with Crippen LogP contribution in [-0.4, -0.2) is 30.7 Å². The molecule has 0 heterocycles. The van der Waals surface area contributed by atoms with Crippen LogP contribution in [0.4, 0.5) is 0 Å². The molecule has 1 amide bonds. The molecule has 2 N–H and O–H groups in total. The number of hydrogen-bond acceptors (Lipinski definition) is 4. The molecule has 132 valence electrons. The first-order valence-electron chi connectivity index (χ1n) is 7.85. The number of ether oxygens (including phenoxy) is 2. The number of carboxylic acid groups (broad SMARTS) is 1. The van der Waals surface area contributed by atoms with Crippen molar-refractivity contribution in [2.45, 2.75) is 19.4 Å². The van der Waals surface area contributed by atoms with Crippen LogP contribution in [0.25, 0.3) is 0 Å². The molecule has 0 saturated carbocycles.